The number of pyridine rings is 1. The number of carbonyl (C=O) groups is 3. The molecular formula is C31H32N4O4. The Balaban J connectivity index is 1.18. The maximum Gasteiger partial charge on any atom is 0.259 e. The van der Waals surface area contributed by atoms with Gasteiger partial charge in [-0.1, -0.05) is 36.4 Å². The fourth-order valence-corrected chi connectivity index (χ4v) is 6.35. The Bertz CT molecular complexity index is 1650. The number of nitrogens with zero attached hydrogens (tertiary/aromatic N) is 3. The van der Waals surface area contributed by atoms with Crippen LogP contribution >= 0.6 is 0 Å². The molecule has 39 heavy (non-hydrogen) atoms. The molecular weight excluding hydrogens is 492 g/mol. The van der Waals surface area contributed by atoms with Crippen molar-refractivity contribution in [1.82, 2.24) is 15.2 Å². The smallest absolute Gasteiger partial charge is 0.259 e. The van der Waals surface area contributed by atoms with Gasteiger partial charge < -0.3 is 4.74 Å². The topological polar surface area (TPSA) is 91.8 Å². The van der Waals surface area contributed by atoms with E-state index in [0.717, 1.165) is 32.3 Å². The number of anilines is 1. The largest absolute Gasteiger partial charge is 0.375 e. The molecule has 0 bridgehead atoms. The molecule has 3 fully saturated rings. The molecule has 8 nitrogen and oxygen atoms in total. The molecule has 0 aliphatic carbocycles. The predicted molar refractivity (Wildman–Crippen MR) is 146 cm³/mol. The maximum absolute atomic E-state index is 13.5. The summed E-state index contributed by atoms with van der Waals surface area (Å²) in [6, 6.07) is 10.7. The molecule has 1 spiro atoms. The lowest BCUT2D eigenvalue weighted by molar-refractivity contribution is -0.134. The van der Waals surface area contributed by atoms with E-state index in [1.807, 2.05) is 4.90 Å². The quantitative estimate of drug-likeness (QED) is 0.508. The third-order valence-electron chi connectivity index (χ3n) is 8.42. The number of aromatic nitrogens is 1. The highest BCUT2D eigenvalue weighted by molar-refractivity contribution is 6.27. The summed E-state index contributed by atoms with van der Waals surface area (Å²) in [5.74, 6) is -1.30. The van der Waals surface area contributed by atoms with Crippen molar-refractivity contribution in [2.45, 2.75) is 63.0 Å². The lowest BCUT2D eigenvalue weighted by Gasteiger charge is -2.38. The first-order chi connectivity index (χ1) is 20.5. The number of benzene rings is 2. The second-order valence-corrected chi connectivity index (χ2v) is 10.8. The molecule has 1 aromatic heterocycles. The normalized spacial score (nSPS) is 25.0. The van der Waals surface area contributed by atoms with Crippen molar-refractivity contribution in [3.63, 3.8) is 0 Å². The number of rotatable bonds is 5. The Morgan fingerprint density at radius 3 is 2.59 bits per heavy atom. The van der Waals surface area contributed by atoms with Crippen LogP contribution < -0.4 is 10.2 Å². The minimum atomic E-state index is -2.06. The highest BCUT2D eigenvalue weighted by Gasteiger charge is 2.41. The van der Waals surface area contributed by atoms with Crippen LogP contribution in [0.3, 0.4) is 0 Å². The van der Waals surface area contributed by atoms with E-state index in [0.29, 0.717) is 46.2 Å². The minimum absolute atomic E-state index is 0.108. The van der Waals surface area contributed by atoms with Crippen LogP contribution in [-0.2, 0) is 27.2 Å². The van der Waals surface area contributed by atoms with Gasteiger partial charge in [0.15, 0.2) is 0 Å². The summed E-state index contributed by atoms with van der Waals surface area (Å²) in [5, 5.41) is 3.28. The van der Waals surface area contributed by atoms with E-state index < -0.39 is 24.8 Å². The van der Waals surface area contributed by atoms with Gasteiger partial charge in [0.25, 0.3) is 5.91 Å². The lowest BCUT2D eigenvalue weighted by atomic mass is 9.88. The van der Waals surface area contributed by atoms with E-state index in [2.05, 4.69) is 10.3 Å². The molecule has 3 saturated heterocycles. The number of amides is 3. The SMILES string of the molecule is [2H]C([2H])(c1ccc(C([2H])([2H])N2CCC3(CCCO3)CC2)cc1)c1ncc2c3c(cccc13)C(=O)N2C1CCC(=O)NC1=O. The molecule has 4 aliphatic heterocycles. The molecule has 2 aromatic carbocycles. The van der Waals surface area contributed by atoms with Gasteiger partial charge in [-0.15, -0.1) is 0 Å². The number of piperidine rings is 2. The van der Waals surface area contributed by atoms with E-state index in [9.17, 15) is 14.4 Å². The van der Waals surface area contributed by atoms with Crippen LogP contribution in [-0.4, -0.2) is 58.9 Å². The fraction of sp³-hybridized carbons (Fsp3) is 0.419. The summed E-state index contributed by atoms with van der Waals surface area (Å²) >= 11 is 0. The van der Waals surface area contributed by atoms with Crippen molar-refractivity contribution in [2.75, 3.05) is 24.6 Å². The van der Waals surface area contributed by atoms with Crippen LogP contribution in [0.5, 0.6) is 0 Å². The van der Waals surface area contributed by atoms with Gasteiger partial charge in [-0.05, 0) is 49.3 Å². The Labute approximate surface area is 232 Å². The van der Waals surface area contributed by atoms with E-state index >= 15 is 0 Å². The summed E-state index contributed by atoms with van der Waals surface area (Å²) in [6.45, 7) is 0.244. The van der Waals surface area contributed by atoms with Crippen LogP contribution in [0.2, 0.25) is 0 Å². The van der Waals surface area contributed by atoms with Crippen molar-refractivity contribution in [1.29, 1.82) is 0 Å². The third-order valence-corrected chi connectivity index (χ3v) is 8.42. The van der Waals surface area contributed by atoms with Crippen molar-refractivity contribution >= 4 is 34.2 Å². The molecule has 0 saturated carbocycles. The van der Waals surface area contributed by atoms with Crippen molar-refractivity contribution in [2.24, 2.45) is 0 Å². The minimum Gasteiger partial charge on any atom is -0.375 e. The highest BCUT2D eigenvalue weighted by Crippen LogP contribution is 2.40. The monoisotopic (exact) mass is 528 g/mol. The Morgan fingerprint density at radius 2 is 1.85 bits per heavy atom. The number of hydrogen-bond donors (Lipinski definition) is 1. The molecule has 7 rings (SSSR count). The average molecular weight is 529 g/mol. The number of nitrogens with one attached hydrogen (secondary N) is 1. The fourth-order valence-electron chi connectivity index (χ4n) is 6.35. The van der Waals surface area contributed by atoms with Crippen molar-refractivity contribution < 1.29 is 24.6 Å². The Kier molecular flexibility index (Phi) is 4.97. The van der Waals surface area contributed by atoms with Gasteiger partial charge in [0, 0.05) is 60.8 Å². The number of imide groups is 1. The van der Waals surface area contributed by atoms with E-state index in [1.54, 1.807) is 42.5 Å². The third kappa shape index (κ3) is 4.32. The van der Waals surface area contributed by atoms with Gasteiger partial charge in [0.2, 0.25) is 11.8 Å². The zero-order valence-corrected chi connectivity index (χ0v) is 21.5. The zero-order valence-electron chi connectivity index (χ0n) is 25.5. The van der Waals surface area contributed by atoms with Gasteiger partial charge in [0.05, 0.1) is 23.2 Å². The van der Waals surface area contributed by atoms with Gasteiger partial charge in [-0.25, -0.2) is 0 Å². The molecule has 0 radical (unpaired) electrons. The van der Waals surface area contributed by atoms with E-state index in [1.165, 1.54) is 11.1 Å². The van der Waals surface area contributed by atoms with Crippen molar-refractivity contribution in [3.8, 4) is 0 Å². The summed E-state index contributed by atoms with van der Waals surface area (Å²) in [4.78, 5) is 45.5. The maximum atomic E-state index is 13.5. The molecule has 1 unspecified atom stereocenters. The van der Waals surface area contributed by atoms with Crippen LogP contribution in [0.15, 0.2) is 48.7 Å². The molecule has 4 aliphatic rings. The van der Waals surface area contributed by atoms with Crippen LogP contribution in [0.1, 0.15) is 71.2 Å². The number of likely N-dealkylation sites (tertiary alicyclic amines) is 1. The first-order valence-electron chi connectivity index (χ1n) is 15.6. The van der Waals surface area contributed by atoms with Crippen LogP contribution in [0.4, 0.5) is 5.69 Å². The van der Waals surface area contributed by atoms with E-state index in [4.69, 9.17) is 10.2 Å². The summed E-state index contributed by atoms with van der Waals surface area (Å²) < 4.78 is 42.0. The second-order valence-electron chi connectivity index (χ2n) is 10.8. The Morgan fingerprint density at radius 1 is 1.05 bits per heavy atom. The predicted octanol–water partition coefficient (Wildman–Crippen LogP) is 3.74. The molecule has 1 N–H and O–H groups in total. The first kappa shape index (κ1) is 20.3. The zero-order chi connectivity index (χ0) is 30.1. The molecule has 200 valence electrons. The molecule has 1 atom stereocenters. The Hall–Kier alpha value is -3.62. The van der Waals surface area contributed by atoms with Gasteiger partial charge in [-0.2, -0.15) is 0 Å². The number of hydrogen-bond acceptors (Lipinski definition) is 6. The van der Waals surface area contributed by atoms with Crippen LogP contribution in [0, 0.1) is 0 Å². The lowest BCUT2D eigenvalue weighted by Crippen LogP contribution is -2.53. The first-order valence-corrected chi connectivity index (χ1v) is 13.6. The summed E-state index contributed by atoms with van der Waals surface area (Å²) in [7, 11) is 0. The van der Waals surface area contributed by atoms with Gasteiger partial charge in [-0.3, -0.25) is 34.5 Å². The molecule has 3 aromatic rings. The second kappa shape index (κ2) is 9.54. The number of ether oxygens (including phenoxy) is 1. The molecule has 5 heterocycles. The standard InChI is InChI=1S/C31H32N4O4/c36-27-10-9-25(29(37)33-27)35-26-18-32-24(22-3-1-4-23(28(22)26)30(35)38)17-20-5-7-21(8-6-20)19-34-14-12-31(13-15-34)11-2-16-39-31/h1,3-8,18,25H,2,9-17,19H2,(H,33,36,37)/i17D2,19D2. The molecule has 8 heteroatoms. The van der Waals surface area contributed by atoms with Crippen LogP contribution in [0.25, 0.3) is 10.8 Å². The van der Waals surface area contributed by atoms with Crippen molar-refractivity contribution in [3.05, 3.63) is 71.0 Å². The molecule has 3 amide bonds. The number of carbonyl (C=O) groups excluding carboxylic acids is 3. The average Bonchev–Trinajstić information content (AvgIpc) is 3.56. The van der Waals surface area contributed by atoms with Gasteiger partial charge >= 0.3 is 0 Å². The van der Waals surface area contributed by atoms with Gasteiger partial charge in [0.1, 0.15) is 6.04 Å². The highest BCUT2D eigenvalue weighted by atomic mass is 16.5. The van der Waals surface area contributed by atoms with E-state index in [-0.39, 0.29) is 36.0 Å². The summed E-state index contributed by atoms with van der Waals surface area (Å²) in [5.41, 5.74) is 1.55. The summed E-state index contributed by atoms with van der Waals surface area (Å²) in [6.07, 6.45) is 3.36.